The number of rotatable bonds is 9. The number of benzene rings is 1. The van der Waals surface area contributed by atoms with Crippen LogP contribution in [0.3, 0.4) is 0 Å². The number of aryl methyl sites for hydroxylation is 1. The Morgan fingerprint density at radius 2 is 1.90 bits per heavy atom. The summed E-state index contributed by atoms with van der Waals surface area (Å²) in [5.74, 6) is 0.706. The van der Waals surface area contributed by atoms with Crippen molar-refractivity contribution in [2.75, 3.05) is 13.6 Å². The van der Waals surface area contributed by atoms with E-state index in [9.17, 15) is 8.42 Å². The lowest BCUT2D eigenvalue weighted by molar-refractivity contribution is 0.410. The van der Waals surface area contributed by atoms with Crippen LogP contribution in [0.2, 0.25) is 0 Å². The van der Waals surface area contributed by atoms with E-state index in [-0.39, 0.29) is 6.04 Å². The minimum atomic E-state index is -3.47. The van der Waals surface area contributed by atoms with Crippen LogP contribution in [0.1, 0.15) is 43.1 Å². The molecule has 0 fully saturated rings. The number of sulfonamides is 1. The van der Waals surface area contributed by atoms with Gasteiger partial charge in [0.25, 0.3) is 0 Å². The van der Waals surface area contributed by atoms with Gasteiger partial charge in [-0.05, 0) is 44.9 Å². The largest absolute Gasteiger partial charge is 0.357 e. The standard InChI is InChI=1S/C20H31N5O2S2/c1-6-17-13-22-19(28-17)14-24-20(21-7-2)23-12-16-8-10-18(11-9-16)29(26,27)25(5)15(3)4/h8-11,13,15H,6-7,12,14H2,1-5H3,(H2,21,23,24). The van der Waals surface area contributed by atoms with Gasteiger partial charge in [-0.2, -0.15) is 4.31 Å². The first-order valence-corrected chi connectivity index (χ1v) is 12.1. The first-order chi connectivity index (χ1) is 13.8. The summed E-state index contributed by atoms with van der Waals surface area (Å²) in [6.07, 6.45) is 2.91. The van der Waals surface area contributed by atoms with Crippen LogP contribution in [0.15, 0.2) is 40.4 Å². The van der Waals surface area contributed by atoms with E-state index in [1.807, 2.05) is 39.1 Å². The number of nitrogens with zero attached hydrogens (tertiary/aromatic N) is 3. The molecule has 160 valence electrons. The fraction of sp³-hybridized carbons (Fsp3) is 0.500. The lowest BCUT2D eigenvalue weighted by Crippen LogP contribution is -2.36. The van der Waals surface area contributed by atoms with Gasteiger partial charge in [0, 0.05) is 30.7 Å². The predicted octanol–water partition coefficient (Wildman–Crippen LogP) is 2.99. The van der Waals surface area contributed by atoms with E-state index in [2.05, 4.69) is 27.5 Å². The van der Waals surface area contributed by atoms with E-state index in [4.69, 9.17) is 0 Å². The lowest BCUT2D eigenvalue weighted by Gasteiger charge is -2.21. The Bertz CT molecular complexity index is 905. The van der Waals surface area contributed by atoms with Gasteiger partial charge in [-0.3, -0.25) is 0 Å². The summed E-state index contributed by atoms with van der Waals surface area (Å²) in [5, 5.41) is 7.54. The fourth-order valence-corrected chi connectivity index (χ4v) is 4.65. The van der Waals surface area contributed by atoms with Crippen LogP contribution >= 0.6 is 11.3 Å². The quantitative estimate of drug-likeness (QED) is 0.465. The highest BCUT2D eigenvalue weighted by atomic mass is 32.2. The molecule has 0 saturated heterocycles. The number of hydrogen-bond acceptors (Lipinski definition) is 5. The van der Waals surface area contributed by atoms with E-state index >= 15 is 0 Å². The Labute approximate surface area is 178 Å². The highest BCUT2D eigenvalue weighted by molar-refractivity contribution is 7.89. The third kappa shape index (κ3) is 6.52. The zero-order chi connectivity index (χ0) is 21.4. The topological polar surface area (TPSA) is 86.7 Å². The third-order valence-electron chi connectivity index (χ3n) is 4.45. The molecule has 2 rings (SSSR count). The van der Waals surface area contributed by atoms with Crippen LogP contribution in [-0.4, -0.2) is 43.3 Å². The van der Waals surface area contributed by atoms with Gasteiger partial charge in [0.2, 0.25) is 10.0 Å². The van der Waals surface area contributed by atoms with E-state index in [1.54, 1.807) is 30.5 Å². The molecule has 1 heterocycles. The molecule has 0 amide bonds. The zero-order valence-electron chi connectivity index (χ0n) is 17.8. The molecular formula is C20H31N5O2S2. The normalized spacial score (nSPS) is 12.6. The molecule has 0 aliphatic heterocycles. The van der Waals surface area contributed by atoms with Crippen LogP contribution < -0.4 is 10.6 Å². The summed E-state index contributed by atoms with van der Waals surface area (Å²) in [6, 6.07) is 6.80. The molecule has 7 nitrogen and oxygen atoms in total. The van der Waals surface area contributed by atoms with E-state index in [0.717, 1.165) is 23.5 Å². The summed E-state index contributed by atoms with van der Waals surface area (Å²) in [5.41, 5.74) is 0.941. The molecule has 1 aromatic carbocycles. The molecule has 1 aromatic heterocycles. The van der Waals surface area contributed by atoms with Crippen molar-refractivity contribution in [3.63, 3.8) is 0 Å². The second-order valence-electron chi connectivity index (χ2n) is 6.88. The highest BCUT2D eigenvalue weighted by Crippen LogP contribution is 2.17. The van der Waals surface area contributed by atoms with Gasteiger partial charge in [0.15, 0.2) is 5.96 Å². The van der Waals surface area contributed by atoms with Crippen molar-refractivity contribution < 1.29 is 8.42 Å². The van der Waals surface area contributed by atoms with Gasteiger partial charge in [0.05, 0.1) is 18.0 Å². The van der Waals surface area contributed by atoms with Crippen molar-refractivity contribution in [1.82, 2.24) is 19.9 Å². The van der Waals surface area contributed by atoms with Crippen LogP contribution in [0, 0.1) is 0 Å². The number of aliphatic imine (C=N–C) groups is 1. The molecule has 29 heavy (non-hydrogen) atoms. The fourth-order valence-electron chi connectivity index (χ4n) is 2.48. The van der Waals surface area contributed by atoms with Crippen molar-refractivity contribution in [2.24, 2.45) is 4.99 Å². The molecule has 0 unspecified atom stereocenters. The van der Waals surface area contributed by atoms with E-state index < -0.39 is 10.0 Å². The van der Waals surface area contributed by atoms with Crippen LogP contribution in [0.4, 0.5) is 0 Å². The van der Waals surface area contributed by atoms with Crippen LogP contribution in [0.25, 0.3) is 0 Å². The number of aromatic nitrogens is 1. The lowest BCUT2D eigenvalue weighted by atomic mass is 10.2. The van der Waals surface area contributed by atoms with Gasteiger partial charge >= 0.3 is 0 Å². The van der Waals surface area contributed by atoms with Gasteiger partial charge in [-0.15, -0.1) is 11.3 Å². The number of guanidine groups is 1. The average Bonchev–Trinajstić information content (AvgIpc) is 3.17. The Morgan fingerprint density at radius 1 is 1.21 bits per heavy atom. The third-order valence-corrected chi connectivity index (χ3v) is 7.64. The maximum atomic E-state index is 12.6. The van der Waals surface area contributed by atoms with Gasteiger partial charge in [-0.25, -0.2) is 18.4 Å². The SMILES string of the molecule is CCNC(=NCc1ccc(S(=O)(=O)N(C)C(C)C)cc1)NCc1ncc(CC)s1. The maximum absolute atomic E-state index is 12.6. The van der Waals surface area contributed by atoms with Crippen molar-refractivity contribution in [3.8, 4) is 0 Å². The van der Waals surface area contributed by atoms with Crippen molar-refractivity contribution in [2.45, 2.75) is 58.1 Å². The molecule has 0 aliphatic carbocycles. The minimum Gasteiger partial charge on any atom is -0.357 e. The molecular weight excluding hydrogens is 406 g/mol. The number of thiazole rings is 1. The summed E-state index contributed by atoms with van der Waals surface area (Å²) < 4.78 is 26.5. The molecule has 0 aliphatic rings. The molecule has 2 aromatic rings. The summed E-state index contributed by atoms with van der Waals surface area (Å²) >= 11 is 1.70. The zero-order valence-corrected chi connectivity index (χ0v) is 19.4. The first kappa shape index (κ1) is 23.3. The molecule has 0 saturated carbocycles. The van der Waals surface area contributed by atoms with Crippen molar-refractivity contribution in [3.05, 3.63) is 45.9 Å². The molecule has 2 N–H and O–H groups in total. The Hall–Kier alpha value is -1.97. The Morgan fingerprint density at radius 3 is 2.45 bits per heavy atom. The second-order valence-corrected chi connectivity index (χ2v) is 10.1. The second kappa shape index (κ2) is 10.7. The number of nitrogens with one attached hydrogen (secondary N) is 2. The minimum absolute atomic E-state index is 0.0933. The molecule has 0 atom stereocenters. The Balaban J connectivity index is 2.03. The Kier molecular flexibility index (Phi) is 8.60. The highest BCUT2D eigenvalue weighted by Gasteiger charge is 2.22. The smallest absolute Gasteiger partial charge is 0.243 e. The summed E-state index contributed by atoms with van der Waals surface area (Å²) in [6.45, 7) is 9.66. The first-order valence-electron chi connectivity index (χ1n) is 9.80. The van der Waals surface area contributed by atoms with E-state index in [1.165, 1.54) is 9.18 Å². The van der Waals surface area contributed by atoms with E-state index in [0.29, 0.717) is 23.9 Å². The van der Waals surface area contributed by atoms with Crippen molar-refractivity contribution >= 4 is 27.3 Å². The monoisotopic (exact) mass is 437 g/mol. The molecule has 0 bridgehead atoms. The summed E-state index contributed by atoms with van der Waals surface area (Å²) in [4.78, 5) is 10.6. The van der Waals surface area contributed by atoms with Gasteiger partial charge in [-0.1, -0.05) is 19.1 Å². The predicted molar refractivity (Wildman–Crippen MR) is 120 cm³/mol. The maximum Gasteiger partial charge on any atom is 0.243 e. The summed E-state index contributed by atoms with van der Waals surface area (Å²) in [7, 11) is -1.87. The van der Waals surface area contributed by atoms with Crippen molar-refractivity contribution in [1.29, 1.82) is 0 Å². The molecule has 0 radical (unpaired) electrons. The van der Waals surface area contributed by atoms with Crippen LogP contribution in [-0.2, 0) is 29.5 Å². The number of hydrogen-bond donors (Lipinski definition) is 2. The van der Waals surface area contributed by atoms with Crippen LogP contribution in [0.5, 0.6) is 0 Å². The average molecular weight is 438 g/mol. The molecule has 0 spiro atoms. The van der Waals surface area contributed by atoms with Gasteiger partial charge in [0.1, 0.15) is 5.01 Å². The van der Waals surface area contributed by atoms with Gasteiger partial charge < -0.3 is 10.6 Å². The molecule has 9 heteroatoms.